The van der Waals surface area contributed by atoms with Gasteiger partial charge in [-0.1, -0.05) is 26.0 Å². The number of nitrogens with two attached hydrogens (primary N) is 1. The lowest BCUT2D eigenvalue weighted by atomic mass is 10.0. The largest absolute Gasteiger partial charge is 0.449 e. The fraction of sp³-hybridized carbons (Fsp3) is 0.278. The summed E-state index contributed by atoms with van der Waals surface area (Å²) in [5, 5.41) is 4.53. The zero-order valence-corrected chi connectivity index (χ0v) is 15.1. The number of hydrogen-bond donors (Lipinski definition) is 2. The van der Waals surface area contributed by atoms with Crippen LogP contribution in [0.1, 0.15) is 53.0 Å². The predicted molar refractivity (Wildman–Crippen MR) is 96.9 cm³/mol. The molecule has 0 aliphatic rings. The summed E-state index contributed by atoms with van der Waals surface area (Å²) in [6.45, 7) is 5.59. The summed E-state index contributed by atoms with van der Waals surface area (Å²) in [7, 11) is 0. The van der Waals surface area contributed by atoms with Crippen molar-refractivity contribution in [1.29, 1.82) is 0 Å². The SMILES string of the molecule is CC(C)c1ccc(C(=O)O[C@@H](C)C(=O)Nc2sccc2C(N)=O)cc1. The van der Waals surface area contributed by atoms with Crippen LogP contribution in [0.2, 0.25) is 0 Å². The molecule has 1 aromatic carbocycles. The number of ether oxygens (including phenoxy) is 1. The number of carbonyl (C=O) groups excluding carboxylic acids is 3. The van der Waals surface area contributed by atoms with Crippen molar-refractivity contribution >= 4 is 34.1 Å². The Morgan fingerprint density at radius 3 is 2.28 bits per heavy atom. The smallest absolute Gasteiger partial charge is 0.338 e. The number of thiophene rings is 1. The number of amides is 2. The molecule has 1 heterocycles. The Hall–Kier alpha value is -2.67. The van der Waals surface area contributed by atoms with Gasteiger partial charge in [0.2, 0.25) is 0 Å². The molecule has 0 fully saturated rings. The molecule has 0 unspecified atom stereocenters. The van der Waals surface area contributed by atoms with Gasteiger partial charge in [-0.15, -0.1) is 11.3 Å². The number of primary amides is 1. The van der Waals surface area contributed by atoms with Crippen molar-refractivity contribution in [3.8, 4) is 0 Å². The van der Waals surface area contributed by atoms with Gasteiger partial charge >= 0.3 is 5.97 Å². The average Bonchev–Trinajstić information content (AvgIpc) is 3.03. The lowest BCUT2D eigenvalue weighted by Crippen LogP contribution is -2.30. The summed E-state index contributed by atoms with van der Waals surface area (Å²) in [6, 6.07) is 8.59. The van der Waals surface area contributed by atoms with Crippen LogP contribution in [0.5, 0.6) is 0 Å². The van der Waals surface area contributed by atoms with Crippen LogP contribution in [0.3, 0.4) is 0 Å². The average molecular weight is 360 g/mol. The Morgan fingerprint density at radius 2 is 1.72 bits per heavy atom. The summed E-state index contributed by atoms with van der Waals surface area (Å²) < 4.78 is 5.19. The molecule has 3 N–H and O–H groups in total. The number of benzene rings is 1. The molecule has 2 amide bonds. The monoisotopic (exact) mass is 360 g/mol. The molecule has 132 valence electrons. The van der Waals surface area contributed by atoms with Crippen LogP contribution in [0.15, 0.2) is 35.7 Å². The fourth-order valence-electron chi connectivity index (χ4n) is 2.10. The second-order valence-electron chi connectivity index (χ2n) is 5.84. The van der Waals surface area contributed by atoms with E-state index in [1.807, 2.05) is 12.1 Å². The van der Waals surface area contributed by atoms with Gasteiger partial charge in [0.15, 0.2) is 6.10 Å². The van der Waals surface area contributed by atoms with E-state index in [1.165, 1.54) is 24.3 Å². The molecule has 2 aromatic rings. The lowest BCUT2D eigenvalue weighted by molar-refractivity contribution is -0.123. The molecule has 0 spiro atoms. The molecule has 6 nitrogen and oxygen atoms in total. The van der Waals surface area contributed by atoms with E-state index in [9.17, 15) is 14.4 Å². The lowest BCUT2D eigenvalue weighted by Gasteiger charge is -2.14. The molecule has 1 atom stereocenters. The Kier molecular flexibility index (Phi) is 5.93. The molecule has 25 heavy (non-hydrogen) atoms. The van der Waals surface area contributed by atoms with E-state index in [2.05, 4.69) is 19.2 Å². The first-order valence-corrected chi connectivity index (χ1v) is 8.66. The quantitative estimate of drug-likeness (QED) is 0.773. The maximum Gasteiger partial charge on any atom is 0.338 e. The van der Waals surface area contributed by atoms with Gasteiger partial charge in [-0.05, 0) is 42.0 Å². The number of anilines is 1. The number of nitrogens with one attached hydrogen (secondary N) is 1. The number of rotatable bonds is 6. The van der Waals surface area contributed by atoms with E-state index in [0.29, 0.717) is 16.5 Å². The van der Waals surface area contributed by atoms with Gasteiger partial charge in [-0.2, -0.15) is 0 Å². The molecule has 7 heteroatoms. The first-order valence-electron chi connectivity index (χ1n) is 7.78. The van der Waals surface area contributed by atoms with Crippen LogP contribution in [-0.4, -0.2) is 23.9 Å². The third-order valence-electron chi connectivity index (χ3n) is 3.63. The normalized spacial score (nSPS) is 11.8. The van der Waals surface area contributed by atoms with Gasteiger partial charge in [0.05, 0.1) is 11.1 Å². The third kappa shape index (κ3) is 4.67. The summed E-state index contributed by atoms with van der Waals surface area (Å²) in [4.78, 5) is 35.6. The minimum Gasteiger partial charge on any atom is -0.449 e. The van der Waals surface area contributed by atoms with E-state index in [-0.39, 0.29) is 5.56 Å². The van der Waals surface area contributed by atoms with Gasteiger partial charge in [0.1, 0.15) is 5.00 Å². The van der Waals surface area contributed by atoms with Gasteiger partial charge in [0, 0.05) is 0 Å². The van der Waals surface area contributed by atoms with E-state index >= 15 is 0 Å². The second kappa shape index (κ2) is 7.94. The van der Waals surface area contributed by atoms with Crippen LogP contribution in [0.25, 0.3) is 0 Å². The number of hydrogen-bond acceptors (Lipinski definition) is 5. The molecule has 2 rings (SSSR count). The molecule has 0 saturated heterocycles. The molecule has 0 saturated carbocycles. The fourth-order valence-corrected chi connectivity index (χ4v) is 2.90. The Bertz CT molecular complexity index is 781. The molecular formula is C18H20N2O4S. The summed E-state index contributed by atoms with van der Waals surface area (Å²) in [5.41, 5.74) is 6.94. The van der Waals surface area contributed by atoms with Gasteiger partial charge in [-0.3, -0.25) is 9.59 Å². The van der Waals surface area contributed by atoms with Crippen molar-refractivity contribution in [3.63, 3.8) is 0 Å². The van der Waals surface area contributed by atoms with Crippen LogP contribution in [-0.2, 0) is 9.53 Å². The second-order valence-corrected chi connectivity index (χ2v) is 6.76. The van der Waals surface area contributed by atoms with Gasteiger partial charge < -0.3 is 15.8 Å². The highest BCUT2D eigenvalue weighted by Crippen LogP contribution is 2.23. The van der Waals surface area contributed by atoms with Crippen molar-refractivity contribution in [3.05, 3.63) is 52.4 Å². The number of esters is 1. The topological polar surface area (TPSA) is 98.5 Å². The minimum absolute atomic E-state index is 0.223. The van der Waals surface area contributed by atoms with Crippen LogP contribution < -0.4 is 11.1 Å². The van der Waals surface area contributed by atoms with E-state index in [1.54, 1.807) is 17.5 Å². The van der Waals surface area contributed by atoms with E-state index < -0.39 is 23.9 Å². The number of carbonyl (C=O) groups is 3. The molecule has 0 bridgehead atoms. The highest BCUT2D eigenvalue weighted by Gasteiger charge is 2.21. The van der Waals surface area contributed by atoms with Crippen molar-refractivity contribution in [2.45, 2.75) is 32.8 Å². The highest BCUT2D eigenvalue weighted by atomic mass is 32.1. The highest BCUT2D eigenvalue weighted by molar-refractivity contribution is 7.14. The van der Waals surface area contributed by atoms with Gasteiger partial charge in [0.25, 0.3) is 11.8 Å². The summed E-state index contributed by atoms with van der Waals surface area (Å²) in [6.07, 6.45) is -1.01. The third-order valence-corrected chi connectivity index (χ3v) is 4.46. The maximum absolute atomic E-state index is 12.2. The first-order chi connectivity index (χ1) is 11.8. The van der Waals surface area contributed by atoms with E-state index in [4.69, 9.17) is 10.5 Å². The molecular weight excluding hydrogens is 340 g/mol. The summed E-state index contributed by atoms with van der Waals surface area (Å²) in [5.74, 6) is -1.39. The Labute approximate surface area is 150 Å². The molecule has 0 radical (unpaired) electrons. The zero-order valence-electron chi connectivity index (χ0n) is 14.2. The van der Waals surface area contributed by atoms with Crippen molar-refractivity contribution in [1.82, 2.24) is 0 Å². The zero-order chi connectivity index (χ0) is 18.6. The Morgan fingerprint density at radius 1 is 1.08 bits per heavy atom. The van der Waals surface area contributed by atoms with Crippen LogP contribution in [0, 0.1) is 0 Å². The standard InChI is InChI=1S/C18H20N2O4S/c1-10(2)12-4-6-13(7-5-12)18(23)24-11(3)16(22)20-17-14(15(19)21)8-9-25-17/h4-11H,1-3H3,(H2,19,21)(H,20,22)/t11-/m0/s1. The van der Waals surface area contributed by atoms with Crippen LogP contribution in [0.4, 0.5) is 5.00 Å². The maximum atomic E-state index is 12.2. The van der Waals surface area contributed by atoms with Crippen molar-refractivity contribution in [2.24, 2.45) is 5.73 Å². The van der Waals surface area contributed by atoms with Gasteiger partial charge in [-0.25, -0.2) is 4.79 Å². The van der Waals surface area contributed by atoms with E-state index in [0.717, 1.165) is 5.56 Å². The Balaban J connectivity index is 1.99. The minimum atomic E-state index is -1.01. The van der Waals surface area contributed by atoms with Crippen LogP contribution >= 0.6 is 11.3 Å². The van der Waals surface area contributed by atoms with Crippen molar-refractivity contribution in [2.75, 3.05) is 5.32 Å². The molecule has 1 aromatic heterocycles. The molecule has 0 aliphatic heterocycles. The molecule has 0 aliphatic carbocycles. The first kappa shape index (κ1) is 18.7. The predicted octanol–water partition coefficient (Wildman–Crippen LogP) is 3.15. The van der Waals surface area contributed by atoms with Crippen molar-refractivity contribution < 1.29 is 19.1 Å². The summed E-state index contributed by atoms with van der Waals surface area (Å²) >= 11 is 1.17.